The van der Waals surface area contributed by atoms with Crippen molar-refractivity contribution in [1.82, 2.24) is 4.90 Å². The molecule has 0 saturated heterocycles. The van der Waals surface area contributed by atoms with E-state index in [9.17, 15) is 9.59 Å². The summed E-state index contributed by atoms with van der Waals surface area (Å²) in [6, 6.07) is 5.98. The molecule has 0 spiro atoms. The third kappa shape index (κ3) is 6.23. The summed E-state index contributed by atoms with van der Waals surface area (Å²) in [4.78, 5) is 30.5. The number of benzene rings is 1. The molecule has 1 aromatic carbocycles. The third-order valence-corrected chi connectivity index (χ3v) is 4.95. The lowest BCUT2D eigenvalue weighted by Gasteiger charge is -2.31. The van der Waals surface area contributed by atoms with Crippen LogP contribution < -0.4 is 15.1 Å². The van der Waals surface area contributed by atoms with Crippen molar-refractivity contribution in [3.8, 4) is 0 Å². The molecule has 0 aliphatic heterocycles. The Morgan fingerprint density at radius 1 is 1.18 bits per heavy atom. The van der Waals surface area contributed by atoms with E-state index in [2.05, 4.69) is 24.3 Å². The van der Waals surface area contributed by atoms with Gasteiger partial charge >= 0.3 is 0 Å². The number of hydrogen-bond acceptors (Lipinski definition) is 3. The van der Waals surface area contributed by atoms with Crippen molar-refractivity contribution in [2.45, 2.75) is 40.2 Å². The Morgan fingerprint density at radius 2 is 1.82 bits per heavy atom. The van der Waals surface area contributed by atoms with Crippen LogP contribution in [0.2, 0.25) is 0 Å². The first kappa shape index (κ1) is 22.2. The van der Waals surface area contributed by atoms with Crippen LogP contribution in [0.4, 0.5) is 11.4 Å². The highest BCUT2D eigenvalue weighted by Crippen LogP contribution is 2.31. The Balaban J connectivity index is 2.28. The maximum absolute atomic E-state index is 13.1. The number of quaternary nitrogens is 1. The molecule has 2 amide bonds. The molecular weight excluding hydrogens is 352 g/mol. The number of carbonyl (C=O) groups is 2. The fourth-order valence-electron chi connectivity index (χ4n) is 3.11. The number of anilines is 2. The van der Waals surface area contributed by atoms with Crippen LogP contribution in [0.25, 0.3) is 0 Å². The molecule has 1 aliphatic carbocycles. The van der Waals surface area contributed by atoms with Crippen molar-refractivity contribution in [1.29, 1.82) is 0 Å². The molecule has 0 atom stereocenters. The first-order valence-corrected chi connectivity index (χ1v) is 10.2. The monoisotopic (exact) mass is 389 g/mol. The van der Waals surface area contributed by atoms with E-state index >= 15 is 0 Å². The lowest BCUT2D eigenvalue weighted by Crippen LogP contribution is -3.06. The van der Waals surface area contributed by atoms with Crippen molar-refractivity contribution in [3.63, 3.8) is 0 Å². The van der Waals surface area contributed by atoms with Crippen LogP contribution in [0.1, 0.15) is 39.2 Å². The van der Waals surface area contributed by atoms with E-state index < -0.39 is 5.41 Å². The Kier molecular flexibility index (Phi) is 7.10. The van der Waals surface area contributed by atoms with Crippen molar-refractivity contribution < 1.29 is 14.5 Å². The quantitative estimate of drug-likeness (QED) is 0.710. The van der Waals surface area contributed by atoms with E-state index in [1.165, 1.54) is 4.90 Å². The summed E-state index contributed by atoms with van der Waals surface area (Å²) in [6.45, 7) is 8.00. The van der Waals surface area contributed by atoms with Crippen LogP contribution in [0.3, 0.4) is 0 Å². The zero-order valence-corrected chi connectivity index (χ0v) is 18.6. The second-order valence-electron chi connectivity index (χ2n) is 9.44. The van der Waals surface area contributed by atoms with Gasteiger partial charge in [0.25, 0.3) is 0 Å². The molecule has 2 rings (SSSR count). The summed E-state index contributed by atoms with van der Waals surface area (Å²) in [5, 5.41) is 3.03. The molecule has 6 heteroatoms. The molecule has 6 nitrogen and oxygen atoms in total. The average molecular weight is 390 g/mol. The number of nitrogens with one attached hydrogen (secondary N) is 2. The first-order valence-electron chi connectivity index (χ1n) is 10.2. The fraction of sp³-hybridized carbons (Fsp3) is 0.636. The average Bonchev–Trinajstić information content (AvgIpc) is 3.42. The molecule has 0 radical (unpaired) electrons. The van der Waals surface area contributed by atoms with E-state index in [1.807, 2.05) is 58.0 Å². The Hall–Kier alpha value is -2.08. The lowest BCUT2D eigenvalue weighted by atomic mass is 9.94. The van der Waals surface area contributed by atoms with Gasteiger partial charge in [-0.05, 0) is 36.6 Å². The minimum absolute atomic E-state index is 0.0994. The molecule has 1 saturated carbocycles. The number of rotatable bonds is 8. The first-order chi connectivity index (χ1) is 13.0. The smallest absolute Gasteiger partial charge is 0.228 e. The van der Waals surface area contributed by atoms with Gasteiger partial charge in [-0.3, -0.25) is 9.59 Å². The Labute approximate surface area is 169 Å². The van der Waals surface area contributed by atoms with Gasteiger partial charge in [0.05, 0.1) is 27.2 Å². The highest BCUT2D eigenvalue weighted by atomic mass is 16.2. The maximum Gasteiger partial charge on any atom is 0.228 e. The largest absolute Gasteiger partial charge is 0.377 e. The molecule has 1 fully saturated rings. The number of amides is 2. The van der Waals surface area contributed by atoms with Gasteiger partial charge < -0.3 is 20.0 Å². The molecule has 1 aromatic rings. The summed E-state index contributed by atoms with van der Waals surface area (Å²) in [6.07, 6.45) is 1.96. The molecule has 2 N–H and O–H groups in total. The van der Waals surface area contributed by atoms with Gasteiger partial charge in [0.15, 0.2) is 0 Å². The molecule has 156 valence electrons. The number of hydrogen-bond donors (Lipinski definition) is 2. The predicted molar refractivity (Wildman–Crippen MR) is 115 cm³/mol. The minimum Gasteiger partial charge on any atom is -0.377 e. The summed E-state index contributed by atoms with van der Waals surface area (Å²) >= 11 is 0. The summed E-state index contributed by atoms with van der Waals surface area (Å²) in [7, 11) is 8.19. The van der Waals surface area contributed by atoms with E-state index in [4.69, 9.17) is 0 Å². The molecule has 0 heterocycles. The summed E-state index contributed by atoms with van der Waals surface area (Å²) < 4.78 is 0. The van der Waals surface area contributed by atoms with Gasteiger partial charge in [-0.25, -0.2) is 0 Å². The third-order valence-electron chi connectivity index (χ3n) is 4.95. The fourth-order valence-corrected chi connectivity index (χ4v) is 3.11. The molecule has 0 aromatic heterocycles. The van der Waals surface area contributed by atoms with E-state index in [-0.39, 0.29) is 17.7 Å². The second-order valence-corrected chi connectivity index (χ2v) is 9.44. The second kappa shape index (κ2) is 8.95. The molecule has 28 heavy (non-hydrogen) atoms. The van der Waals surface area contributed by atoms with Crippen LogP contribution in [0.5, 0.6) is 0 Å². The minimum atomic E-state index is -0.433. The van der Waals surface area contributed by atoms with Crippen molar-refractivity contribution in [3.05, 3.63) is 23.8 Å². The van der Waals surface area contributed by atoms with Crippen LogP contribution in [-0.2, 0) is 16.1 Å². The van der Waals surface area contributed by atoms with Crippen LogP contribution in [0.15, 0.2) is 18.2 Å². The molecule has 0 unspecified atom stereocenters. The zero-order chi connectivity index (χ0) is 21.1. The van der Waals surface area contributed by atoms with Gasteiger partial charge in [-0.1, -0.05) is 20.8 Å². The molecular formula is C22H37N4O2+. The normalized spacial score (nSPS) is 14.1. The SMILES string of the molecule is CN(C)c1ccc(NC(=O)C2CC2)cc1CN(CC[NH+](C)C)C(=O)C(C)(C)C. The highest BCUT2D eigenvalue weighted by molar-refractivity contribution is 5.94. The summed E-state index contributed by atoms with van der Waals surface area (Å²) in [5.74, 6) is 0.410. The molecule has 0 bridgehead atoms. The van der Waals surface area contributed by atoms with E-state index in [0.717, 1.165) is 36.3 Å². The topological polar surface area (TPSA) is 57.1 Å². The van der Waals surface area contributed by atoms with E-state index in [0.29, 0.717) is 13.1 Å². The van der Waals surface area contributed by atoms with Gasteiger partial charge in [-0.15, -0.1) is 0 Å². The van der Waals surface area contributed by atoms with Gasteiger partial charge in [0, 0.05) is 43.3 Å². The molecule has 1 aliphatic rings. The van der Waals surface area contributed by atoms with Gasteiger partial charge in [0.2, 0.25) is 11.8 Å². The van der Waals surface area contributed by atoms with Crippen LogP contribution in [0, 0.1) is 11.3 Å². The summed E-state index contributed by atoms with van der Waals surface area (Å²) in [5.41, 5.74) is 2.48. The van der Waals surface area contributed by atoms with Crippen molar-refractivity contribution in [2.75, 3.05) is 51.5 Å². The zero-order valence-electron chi connectivity index (χ0n) is 18.6. The maximum atomic E-state index is 13.1. The lowest BCUT2D eigenvalue weighted by molar-refractivity contribution is -0.857. The van der Waals surface area contributed by atoms with E-state index in [1.54, 1.807) is 0 Å². The number of likely N-dealkylation sites (N-methyl/N-ethyl adjacent to an activating group) is 1. The number of carbonyl (C=O) groups excluding carboxylic acids is 2. The van der Waals surface area contributed by atoms with Crippen LogP contribution >= 0.6 is 0 Å². The van der Waals surface area contributed by atoms with Gasteiger partial charge in [-0.2, -0.15) is 0 Å². The van der Waals surface area contributed by atoms with Crippen molar-refractivity contribution >= 4 is 23.2 Å². The predicted octanol–water partition coefficient (Wildman–Crippen LogP) is 1.62. The Bertz CT molecular complexity index is 703. The highest BCUT2D eigenvalue weighted by Gasteiger charge is 2.30. The number of nitrogens with zero attached hydrogens (tertiary/aromatic N) is 2. The standard InChI is InChI=1S/C22H36N4O2/c1-22(2,3)21(28)26(13-12-24(4)5)15-17-14-18(10-11-19(17)25(6)7)23-20(27)16-8-9-16/h10-11,14,16H,8-9,12-13,15H2,1-7H3,(H,23,27)/p+1. The van der Waals surface area contributed by atoms with Crippen LogP contribution in [-0.4, -0.2) is 58.0 Å². The van der Waals surface area contributed by atoms with Crippen molar-refractivity contribution in [2.24, 2.45) is 11.3 Å². The Morgan fingerprint density at radius 3 is 2.32 bits per heavy atom. The van der Waals surface area contributed by atoms with Gasteiger partial charge in [0.1, 0.15) is 0 Å².